The van der Waals surface area contributed by atoms with Crippen molar-refractivity contribution in [2.75, 3.05) is 6.26 Å². The first-order valence-corrected chi connectivity index (χ1v) is 8.69. The summed E-state index contributed by atoms with van der Waals surface area (Å²) >= 11 is 1.65. The molecule has 96 valence electrons. The third-order valence-electron chi connectivity index (χ3n) is 3.58. The maximum atomic E-state index is 11.7. The average Bonchev–Trinajstić information content (AvgIpc) is 2.82. The van der Waals surface area contributed by atoms with E-state index in [0.717, 1.165) is 12.8 Å². The quantitative estimate of drug-likeness (QED) is 0.913. The lowest BCUT2D eigenvalue weighted by atomic mass is 9.95. The van der Waals surface area contributed by atoms with Crippen molar-refractivity contribution in [2.24, 2.45) is 0 Å². The Kier molecular flexibility index (Phi) is 3.61. The molecule has 0 spiro atoms. The molecule has 1 N–H and O–H groups in total. The lowest BCUT2D eigenvalue weighted by Gasteiger charge is -2.28. The zero-order valence-electron chi connectivity index (χ0n) is 9.93. The summed E-state index contributed by atoms with van der Waals surface area (Å²) in [5, 5.41) is 11.9. The van der Waals surface area contributed by atoms with Crippen LogP contribution in [0, 0.1) is 0 Å². The van der Waals surface area contributed by atoms with E-state index in [2.05, 4.69) is 0 Å². The Morgan fingerprint density at radius 2 is 2.35 bits per heavy atom. The van der Waals surface area contributed by atoms with E-state index in [1.165, 1.54) is 11.1 Å². The van der Waals surface area contributed by atoms with E-state index in [1.807, 2.05) is 17.5 Å². The third-order valence-corrected chi connectivity index (χ3v) is 6.22. The Balaban J connectivity index is 2.07. The molecule has 1 heterocycles. The molecule has 2 rings (SSSR count). The van der Waals surface area contributed by atoms with Gasteiger partial charge in [-0.3, -0.25) is 0 Å². The highest BCUT2D eigenvalue weighted by Crippen LogP contribution is 2.38. The molecule has 2 atom stereocenters. The summed E-state index contributed by atoms with van der Waals surface area (Å²) in [6.07, 6.45) is 4.55. The Bertz CT molecular complexity index is 464. The van der Waals surface area contributed by atoms with Crippen LogP contribution in [0.5, 0.6) is 0 Å². The molecular weight excluding hydrogens is 256 g/mol. The first-order chi connectivity index (χ1) is 7.92. The van der Waals surface area contributed by atoms with Gasteiger partial charge in [0.15, 0.2) is 9.84 Å². The molecule has 0 aliphatic heterocycles. The fourth-order valence-electron chi connectivity index (χ4n) is 2.72. The zero-order valence-corrected chi connectivity index (χ0v) is 11.6. The number of hydrogen-bond donors (Lipinski definition) is 1. The van der Waals surface area contributed by atoms with Crippen LogP contribution in [0.4, 0.5) is 0 Å². The topological polar surface area (TPSA) is 54.4 Å². The van der Waals surface area contributed by atoms with E-state index in [0.29, 0.717) is 19.3 Å². The van der Waals surface area contributed by atoms with Crippen molar-refractivity contribution in [2.45, 2.75) is 43.0 Å². The van der Waals surface area contributed by atoms with Crippen molar-refractivity contribution >= 4 is 21.2 Å². The number of hydrogen-bond acceptors (Lipinski definition) is 4. The molecule has 0 aromatic carbocycles. The van der Waals surface area contributed by atoms with Crippen LogP contribution in [0.25, 0.3) is 0 Å². The van der Waals surface area contributed by atoms with Crippen LogP contribution >= 0.6 is 11.3 Å². The Hall–Kier alpha value is -0.390. The summed E-state index contributed by atoms with van der Waals surface area (Å²) in [5.41, 5.74) is -1.02. The van der Waals surface area contributed by atoms with Crippen LogP contribution in [0.1, 0.15) is 30.6 Å². The van der Waals surface area contributed by atoms with Gasteiger partial charge in [-0.25, -0.2) is 8.42 Å². The number of thiophene rings is 1. The lowest BCUT2D eigenvalue weighted by molar-refractivity contribution is 0.0424. The van der Waals surface area contributed by atoms with Crippen LogP contribution < -0.4 is 0 Å². The van der Waals surface area contributed by atoms with Crippen LogP contribution in [0.15, 0.2) is 17.5 Å². The highest BCUT2D eigenvalue weighted by Gasteiger charge is 2.46. The van der Waals surface area contributed by atoms with Crippen molar-refractivity contribution in [3.63, 3.8) is 0 Å². The second-order valence-corrected chi connectivity index (χ2v) is 8.15. The van der Waals surface area contributed by atoms with Gasteiger partial charge in [-0.2, -0.15) is 0 Å². The fourth-order valence-corrected chi connectivity index (χ4v) is 5.05. The zero-order chi connectivity index (χ0) is 12.5. The van der Waals surface area contributed by atoms with E-state index >= 15 is 0 Å². The molecular formula is C12H18O3S2. The molecule has 5 heteroatoms. The summed E-state index contributed by atoms with van der Waals surface area (Å²) in [6, 6.07) is 4.01. The van der Waals surface area contributed by atoms with Gasteiger partial charge in [0, 0.05) is 11.1 Å². The Morgan fingerprint density at radius 1 is 1.59 bits per heavy atom. The molecule has 1 aromatic heterocycles. The maximum absolute atomic E-state index is 11.7. The van der Waals surface area contributed by atoms with E-state index in [9.17, 15) is 13.5 Å². The molecule has 1 aromatic rings. The van der Waals surface area contributed by atoms with Gasteiger partial charge in [0.2, 0.25) is 0 Å². The molecule has 0 radical (unpaired) electrons. The van der Waals surface area contributed by atoms with Crippen molar-refractivity contribution in [3.05, 3.63) is 22.4 Å². The van der Waals surface area contributed by atoms with Crippen LogP contribution in [0.2, 0.25) is 0 Å². The fraction of sp³-hybridized carbons (Fsp3) is 0.667. The number of aryl methyl sites for hydroxylation is 1. The predicted molar refractivity (Wildman–Crippen MR) is 70.1 cm³/mol. The van der Waals surface area contributed by atoms with Gasteiger partial charge in [0.1, 0.15) is 0 Å². The number of rotatable bonds is 4. The average molecular weight is 274 g/mol. The van der Waals surface area contributed by atoms with E-state index in [1.54, 1.807) is 11.3 Å². The highest BCUT2D eigenvalue weighted by atomic mass is 32.2. The predicted octanol–water partition coefficient (Wildman–Crippen LogP) is 2.01. The highest BCUT2D eigenvalue weighted by molar-refractivity contribution is 7.91. The normalized spacial score (nSPS) is 29.6. The first-order valence-electron chi connectivity index (χ1n) is 5.85. The minimum Gasteiger partial charge on any atom is -0.389 e. The summed E-state index contributed by atoms with van der Waals surface area (Å²) in [5.74, 6) is 0. The maximum Gasteiger partial charge on any atom is 0.153 e. The van der Waals surface area contributed by atoms with Crippen LogP contribution in [-0.2, 0) is 16.3 Å². The third kappa shape index (κ3) is 2.89. The van der Waals surface area contributed by atoms with E-state index in [4.69, 9.17) is 0 Å². The summed E-state index contributed by atoms with van der Waals surface area (Å²) in [6.45, 7) is 0. The number of sulfone groups is 1. The van der Waals surface area contributed by atoms with Crippen molar-refractivity contribution in [1.29, 1.82) is 0 Å². The molecule has 3 nitrogen and oxygen atoms in total. The Labute approximate surface area is 106 Å². The SMILES string of the molecule is CS(=O)(=O)C1CCCC1(O)CCc1cccs1. The second-order valence-electron chi connectivity index (χ2n) is 4.89. The smallest absolute Gasteiger partial charge is 0.153 e. The van der Waals surface area contributed by atoms with Crippen molar-refractivity contribution < 1.29 is 13.5 Å². The van der Waals surface area contributed by atoms with E-state index in [-0.39, 0.29) is 0 Å². The molecule has 1 aliphatic rings. The molecule has 1 fully saturated rings. The molecule has 0 saturated heterocycles. The molecule has 0 amide bonds. The second kappa shape index (κ2) is 4.71. The Morgan fingerprint density at radius 3 is 2.94 bits per heavy atom. The van der Waals surface area contributed by atoms with Gasteiger partial charge in [-0.15, -0.1) is 11.3 Å². The standard InChI is InChI=1S/C12H18O3S2/c1-17(14,15)11-5-2-7-12(11,13)8-6-10-4-3-9-16-10/h3-4,9,11,13H,2,5-8H2,1H3. The van der Waals surface area contributed by atoms with Crippen molar-refractivity contribution in [1.82, 2.24) is 0 Å². The van der Waals surface area contributed by atoms with Gasteiger partial charge in [-0.1, -0.05) is 6.07 Å². The van der Waals surface area contributed by atoms with Gasteiger partial charge < -0.3 is 5.11 Å². The monoisotopic (exact) mass is 274 g/mol. The lowest BCUT2D eigenvalue weighted by Crippen LogP contribution is -2.42. The molecule has 0 bridgehead atoms. The molecule has 2 unspecified atom stereocenters. The molecule has 17 heavy (non-hydrogen) atoms. The summed E-state index contributed by atoms with van der Waals surface area (Å²) in [7, 11) is -3.15. The molecule has 1 aliphatic carbocycles. The van der Waals surface area contributed by atoms with E-state index < -0.39 is 20.7 Å². The summed E-state index contributed by atoms with van der Waals surface area (Å²) in [4.78, 5) is 1.21. The minimum atomic E-state index is -3.15. The van der Waals surface area contributed by atoms with Gasteiger partial charge in [0.25, 0.3) is 0 Å². The van der Waals surface area contributed by atoms with Gasteiger partial charge in [0.05, 0.1) is 10.9 Å². The minimum absolute atomic E-state index is 0.547. The van der Waals surface area contributed by atoms with Gasteiger partial charge >= 0.3 is 0 Å². The van der Waals surface area contributed by atoms with Crippen LogP contribution in [0.3, 0.4) is 0 Å². The first kappa shape index (κ1) is 13.1. The number of aliphatic hydroxyl groups is 1. The van der Waals surface area contributed by atoms with Crippen molar-refractivity contribution in [3.8, 4) is 0 Å². The molecule has 1 saturated carbocycles. The van der Waals surface area contributed by atoms with Crippen LogP contribution in [-0.4, -0.2) is 30.6 Å². The summed E-state index contributed by atoms with van der Waals surface area (Å²) < 4.78 is 23.3. The van der Waals surface area contributed by atoms with Gasteiger partial charge in [-0.05, 0) is 43.6 Å². The largest absolute Gasteiger partial charge is 0.389 e.